The fraction of sp³-hybridized carbons (Fsp3) is 0.900. The van der Waals surface area contributed by atoms with E-state index in [9.17, 15) is 0 Å². The van der Waals surface area contributed by atoms with Gasteiger partial charge in [0.25, 0.3) is 0 Å². The summed E-state index contributed by atoms with van der Waals surface area (Å²) >= 11 is 0. The van der Waals surface area contributed by atoms with Crippen molar-refractivity contribution in [3.8, 4) is 0 Å². The summed E-state index contributed by atoms with van der Waals surface area (Å²) < 4.78 is 0. The first-order chi connectivity index (χ1) is 9.83. The standard InChI is InChI=1S/2C10H21.Mg/c2*1-3-5-7-9-10-8-6-4-2;/h2*1,3-10H2,2H3;/q2*-1;+2. The Morgan fingerprint density at radius 1 is 0.429 bits per heavy atom. The third-order valence-electron chi connectivity index (χ3n) is 3.71. The van der Waals surface area contributed by atoms with Gasteiger partial charge in [-0.05, 0) is 0 Å². The van der Waals surface area contributed by atoms with E-state index in [1.54, 1.807) is 0 Å². The molecule has 0 spiro atoms. The van der Waals surface area contributed by atoms with Gasteiger partial charge in [-0.15, -0.1) is 0 Å². The van der Waals surface area contributed by atoms with E-state index in [-0.39, 0.29) is 23.1 Å². The van der Waals surface area contributed by atoms with Crippen LogP contribution in [-0.4, -0.2) is 23.1 Å². The van der Waals surface area contributed by atoms with Crippen molar-refractivity contribution in [2.24, 2.45) is 0 Å². The third kappa shape index (κ3) is 33.5. The summed E-state index contributed by atoms with van der Waals surface area (Å²) in [7, 11) is 0. The van der Waals surface area contributed by atoms with Gasteiger partial charge in [0.15, 0.2) is 0 Å². The molecule has 0 aromatic heterocycles. The van der Waals surface area contributed by atoms with E-state index in [1.807, 2.05) is 0 Å². The van der Waals surface area contributed by atoms with Crippen LogP contribution in [0.1, 0.15) is 117 Å². The zero-order valence-corrected chi connectivity index (χ0v) is 16.8. The van der Waals surface area contributed by atoms with Gasteiger partial charge in [-0.1, -0.05) is 104 Å². The van der Waals surface area contributed by atoms with Crippen LogP contribution in [0.4, 0.5) is 0 Å². The van der Waals surface area contributed by atoms with E-state index < -0.39 is 0 Å². The first-order valence-corrected chi connectivity index (χ1v) is 9.41. The van der Waals surface area contributed by atoms with Crippen molar-refractivity contribution in [1.29, 1.82) is 0 Å². The Labute approximate surface area is 153 Å². The van der Waals surface area contributed by atoms with E-state index in [0.29, 0.717) is 0 Å². The van der Waals surface area contributed by atoms with Gasteiger partial charge in [-0.25, -0.2) is 0 Å². The minimum absolute atomic E-state index is 0. The van der Waals surface area contributed by atoms with Crippen LogP contribution in [0.25, 0.3) is 0 Å². The molecule has 0 aromatic carbocycles. The van der Waals surface area contributed by atoms with Gasteiger partial charge in [0.05, 0.1) is 0 Å². The molecule has 0 saturated carbocycles. The molecule has 0 atom stereocenters. The maximum atomic E-state index is 3.82. The fourth-order valence-electron chi connectivity index (χ4n) is 2.27. The molecule has 0 aromatic rings. The van der Waals surface area contributed by atoms with Gasteiger partial charge in [0, 0.05) is 0 Å². The zero-order valence-electron chi connectivity index (χ0n) is 15.4. The average Bonchev–Trinajstić information content (AvgIpc) is 2.47. The van der Waals surface area contributed by atoms with Gasteiger partial charge in [-0.2, -0.15) is 12.8 Å². The van der Waals surface area contributed by atoms with E-state index in [2.05, 4.69) is 27.7 Å². The van der Waals surface area contributed by atoms with Gasteiger partial charge in [0.1, 0.15) is 0 Å². The molecular weight excluding hydrogens is 265 g/mol. The van der Waals surface area contributed by atoms with Crippen LogP contribution < -0.4 is 0 Å². The molecule has 124 valence electrons. The molecule has 0 aliphatic heterocycles. The van der Waals surface area contributed by atoms with Crippen molar-refractivity contribution < 1.29 is 0 Å². The molecular formula is C20H42Mg. The van der Waals surface area contributed by atoms with E-state index in [4.69, 9.17) is 0 Å². The van der Waals surface area contributed by atoms with Gasteiger partial charge in [-0.3, -0.25) is 0 Å². The van der Waals surface area contributed by atoms with Gasteiger partial charge < -0.3 is 13.8 Å². The molecule has 0 bridgehead atoms. The van der Waals surface area contributed by atoms with Crippen LogP contribution in [0.2, 0.25) is 0 Å². The topological polar surface area (TPSA) is 0 Å². The Bertz CT molecular complexity index is 102. The molecule has 0 aliphatic rings. The minimum atomic E-state index is 0. The molecule has 0 fully saturated rings. The summed E-state index contributed by atoms with van der Waals surface area (Å²) in [5.41, 5.74) is 0. The minimum Gasteiger partial charge on any atom is -0.343 e. The number of hydrogen-bond acceptors (Lipinski definition) is 0. The van der Waals surface area contributed by atoms with Crippen LogP contribution >= 0.6 is 0 Å². The fourth-order valence-corrected chi connectivity index (χ4v) is 2.27. The molecule has 0 rings (SSSR count). The SMILES string of the molecule is [CH2-]CCCCCCCCC.[CH2-]CCCCCCCCC.[Mg+2]. The van der Waals surface area contributed by atoms with Crippen molar-refractivity contribution >= 4 is 23.1 Å². The molecule has 0 amide bonds. The van der Waals surface area contributed by atoms with Crippen LogP contribution in [0.5, 0.6) is 0 Å². The monoisotopic (exact) mass is 306 g/mol. The van der Waals surface area contributed by atoms with Gasteiger partial charge >= 0.3 is 23.1 Å². The molecule has 0 unspecified atom stereocenters. The summed E-state index contributed by atoms with van der Waals surface area (Å²) in [4.78, 5) is 0. The molecule has 0 nitrogen and oxygen atoms in total. The maximum Gasteiger partial charge on any atom is 2.00 e. The first-order valence-electron chi connectivity index (χ1n) is 9.41. The normalized spacial score (nSPS) is 9.71. The van der Waals surface area contributed by atoms with E-state index in [0.717, 1.165) is 12.8 Å². The quantitative estimate of drug-likeness (QED) is 0.177. The smallest absolute Gasteiger partial charge is 0.343 e. The molecule has 1 heteroatoms. The molecule has 21 heavy (non-hydrogen) atoms. The van der Waals surface area contributed by atoms with Crippen LogP contribution in [0.3, 0.4) is 0 Å². The maximum absolute atomic E-state index is 3.82. The number of hydrogen-bond donors (Lipinski definition) is 0. The van der Waals surface area contributed by atoms with Crippen LogP contribution in [0.15, 0.2) is 0 Å². The van der Waals surface area contributed by atoms with E-state index >= 15 is 0 Å². The summed E-state index contributed by atoms with van der Waals surface area (Å²) in [6.07, 6.45) is 21.8. The van der Waals surface area contributed by atoms with Crippen LogP contribution in [-0.2, 0) is 0 Å². The second-order valence-electron chi connectivity index (χ2n) is 5.95. The van der Waals surface area contributed by atoms with Crippen molar-refractivity contribution in [2.45, 2.75) is 117 Å². The first kappa shape index (κ1) is 26.7. The van der Waals surface area contributed by atoms with Crippen molar-refractivity contribution in [2.75, 3.05) is 0 Å². The summed E-state index contributed by atoms with van der Waals surface area (Å²) in [6, 6.07) is 0. The Morgan fingerprint density at radius 2 is 0.667 bits per heavy atom. The summed E-state index contributed by atoms with van der Waals surface area (Å²) in [6.45, 7) is 12.2. The second kappa shape index (κ2) is 28.9. The van der Waals surface area contributed by atoms with Crippen molar-refractivity contribution in [3.05, 3.63) is 13.8 Å². The summed E-state index contributed by atoms with van der Waals surface area (Å²) in [5.74, 6) is 0. The number of rotatable bonds is 14. The Balaban J connectivity index is -0.000000295. The summed E-state index contributed by atoms with van der Waals surface area (Å²) in [5, 5.41) is 0. The Morgan fingerprint density at radius 3 is 0.905 bits per heavy atom. The van der Waals surface area contributed by atoms with E-state index in [1.165, 1.54) is 89.9 Å². The third-order valence-corrected chi connectivity index (χ3v) is 3.71. The van der Waals surface area contributed by atoms with Crippen molar-refractivity contribution in [3.63, 3.8) is 0 Å². The van der Waals surface area contributed by atoms with Crippen molar-refractivity contribution in [1.82, 2.24) is 0 Å². The molecule has 0 saturated heterocycles. The molecule has 0 radical (unpaired) electrons. The second-order valence-corrected chi connectivity index (χ2v) is 5.95. The van der Waals surface area contributed by atoms with Crippen LogP contribution in [0, 0.1) is 13.8 Å². The zero-order chi connectivity index (χ0) is 15.3. The molecule has 0 aliphatic carbocycles. The molecule has 0 heterocycles. The average molecular weight is 307 g/mol. The predicted molar refractivity (Wildman–Crippen MR) is 102 cm³/mol. The Kier molecular flexibility index (Phi) is 36.6. The van der Waals surface area contributed by atoms with Gasteiger partial charge in [0.2, 0.25) is 0 Å². The largest absolute Gasteiger partial charge is 2.00 e. The predicted octanol–water partition coefficient (Wildman–Crippen LogP) is 7.54. The Hall–Kier alpha value is 0.766. The number of unbranched alkanes of at least 4 members (excludes halogenated alkanes) is 14. The molecule has 0 N–H and O–H groups in total.